The van der Waals surface area contributed by atoms with Crippen LogP contribution in [0.5, 0.6) is 0 Å². The van der Waals surface area contributed by atoms with Crippen LogP contribution in [0.2, 0.25) is 0 Å². The molecule has 0 aliphatic carbocycles. The van der Waals surface area contributed by atoms with E-state index in [9.17, 15) is 9.59 Å². The largest absolute Gasteiger partial charge is 0.452 e. The van der Waals surface area contributed by atoms with E-state index in [1.54, 1.807) is 28.8 Å². The molecular formula is C24H18N2O3S. The van der Waals surface area contributed by atoms with Crippen molar-refractivity contribution >= 4 is 29.3 Å². The zero-order valence-corrected chi connectivity index (χ0v) is 16.8. The van der Waals surface area contributed by atoms with Crippen molar-refractivity contribution in [1.82, 2.24) is 0 Å². The number of benzene rings is 3. The average Bonchev–Trinajstić information content (AvgIpc) is 2.82. The lowest BCUT2D eigenvalue weighted by Gasteiger charge is -2.37. The summed E-state index contributed by atoms with van der Waals surface area (Å²) in [6.45, 7) is -0.360. The van der Waals surface area contributed by atoms with E-state index < -0.39 is 5.97 Å². The first kappa shape index (κ1) is 19.7. The van der Waals surface area contributed by atoms with E-state index in [1.807, 2.05) is 60.7 Å². The van der Waals surface area contributed by atoms with E-state index >= 15 is 0 Å². The summed E-state index contributed by atoms with van der Waals surface area (Å²) in [5, 5.41) is 8.87. The summed E-state index contributed by atoms with van der Waals surface area (Å²) >= 11 is 1.71. The maximum absolute atomic E-state index is 13.2. The van der Waals surface area contributed by atoms with Crippen molar-refractivity contribution in [2.75, 3.05) is 17.3 Å². The summed E-state index contributed by atoms with van der Waals surface area (Å²) in [4.78, 5) is 28.3. The normalized spacial score (nSPS) is 15.0. The number of thioether (sulfide) groups is 1. The number of para-hydroxylation sites is 1. The Hall–Kier alpha value is -3.56. The van der Waals surface area contributed by atoms with Crippen LogP contribution in [0.4, 0.5) is 5.69 Å². The molecule has 1 aliphatic rings. The topological polar surface area (TPSA) is 70.4 Å². The van der Waals surface area contributed by atoms with Gasteiger partial charge in [-0.2, -0.15) is 5.26 Å². The first-order valence-corrected chi connectivity index (χ1v) is 10.4. The van der Waals surface area contributed by atoms with Crippen LogP contribution < -0.4 is 4.90 Å². The van der Waals surface area contributed by atoms with Gasteiger partial charge in [0.25, 0.3) is 5.91 Å². The van der Waals surface area contributed by atoms with Gasteiger partial charge in [-0.15, -0.1) is 11.8 Å². The van der Waals surface area contributed by atoms with E-state index in [0.29, 0.717) is 11.1 Å². The van der Waals surface area contributed by atoms with Gasteiger partial charge >= 0.3 is 5.97 Å². The molecule has 6 heteroatoms. The monoisotopic (exact) mass is 414 g/mol. The average molecular weight is 414 g/mol. The van der Waals surface area contributed by atoms with Gasteiger partial charge in [0.05, 0.1) is 28.9 Å². The van der Waals surface area contributed by atoms with Crippen molar-refractivity contribution in [3.8, 4) is 6.07 Å². The third-order valence-corrected chi connectivity index (χ3v) is 6.00. The molecule has 1 amide bonds. The van der Waals surface area contributed by atoms with Gasteiger partial charge in [-0.1, -0.05) is 42.5 Å². The second-order valence-electron chi connectivity index (χ2n) is 6.73. The van der Waals surface area contributed by atoms with Crippen molar-refractivity contribution in [3.63, 3.8) is 0 Å². The molecule has 0 spiro atoms. The van der Waals surface area contributed by atoms with E-state index in [-0.39, 0.29) is 18.6 Å². The molecule has 0 radical (unpaired) electrons. The highest BCUT2D eigenvalue weighted by Gasteiger charge is 2.32. The molecule has 3 aromatic rings. The Balaban J connectivity index is 1.55. The molecule has 1 atom stereocenters. The molecule has 0 fully saturated rings. The number of hydrogen-bond acceptors (Lipinski definition) is 5. The number of ether oxygens (including phenoxy) is 1. The van der Waals surface area contributed by atoms with Crippen molar-refractivity contribution < 1.29 is 14.3 Å². The number of hydrogen-bond donors (Lipinski definition) is 0. The minimum absolute atomic E-state index is 0.146. The summed E-state index contributed by atoms with van der Waals surface area (Å²) in [7, 11) is 0. The van der Waals surface area contributed by atoms with Crippen molar-refractivity contribution in [2.45, 2.75) is 10.9 Å². The highest BCUT2D eigenvalue weighted by molar-refractivity contribution is 7.99. The molecule has 4 rings (SSSR count). The standard InChI is InChI=1S/C24H18N2O3S/c25-14-17-10-12-19(13-11-17)24(28)29-15-23(27)26-20-8-4-5-9-22(20)30-16-21(26)18-6-2-1-3-7-18/h1-13,21H,15-16H2. The maximum Gasteiger partial charge on any atom is 0.338 e. The van der Waals surface area contributed by atoms with E-state index in [0.717, 1.165) is 21.9 Å². The van der Waals surface area contributed by atoms with Crippen LogP contribution in [0, 0.1) is 11.3 Å². The van der Waals surface area contributed by atoms with Gasteiger partial charge in [0.2, 0.25) is 0 Å². The Bertz CT molecular complexity index is 1110. The maximum atomic E-state index is 13.2. The summed E-state index contributed by atoms with van der Waals surface area (Å²) in [6.07, 6.45) is 0. The number of carbonyl (C=O) groups excluding carboxylic acids is 2. The highest BCUT2D eigenvalue weighted by atomic mass is 32.2. The number of carbonyl (C=O) groups is 2. The smallest absolute Gasteiger partial charge is 0.338 e. The number of anilines is 1. The number of nitrogens with zero attached hydrogens (tertiary/aromatic N) is 2. The van der Waals surface area contributed by atoms with Crippen LogP contribution in [-0.4, -0.2) is 24.2 Å². The van der Waals surface area contributed by atoms with Crippen LogP contribution >= 0.6 is 11.8 Å². The van der Waals surface area contributed by atoms with Gasteiger partial charge in [-0.3, -0.25) is 9.69 Å². The lowest BCUT2D eigenvalue weighted by molar-refractivity contribution is -0.122. The fourth-order valence-corrected chi connectivity index (χ4v) is 4.55. The summed E-state index contributed by atoms with van der Waals surface area (Å²) in [6, 6.07) is 25.6. The number of nitriles is 1. The Kier molecular flexibility index (Phi) is 5.82. The van der Waals surface area contributed by atoms with Gasteiger partial charge in [-0.05, 0) is 42.0 Å². The van der Waals surface area contributed by atoms with E-state index in [1.165, 1.54) is 12.1 Å². The molecule has 1 unspecified atom stereocenters. The van der Waals surface area contributed by atoms with Crippen LogP contribution in [0.3, 0.4) is 0 Å². The molecule has 1 heterocycles. The second-order valence-corrected chi connectivity index (χ2v) is 7.80. The molecule has 0 bridgehead atoms. The highest BCUT2D eigenvalue weighted by Crippen LogP contribution is 2.43. The molecule has 5 nitrogen and oxygen atoms in total. The Labute approximate surface area is 178 Å². The molecule has 148 valence electrons. The second kappa shape index (κ2) is 8.85. The zero-order chi connectivity index (χ0) is 20.9. The molecular weight excluding hydrogens is 396 g/mol. The van der Waals surface area contributed by atoms with Gasteiger partial charge in [0.15, 0.2) is 6.61 Å². The van der Waals surface area contributed by atoms with Crippen molar-refractivity contribution in [1.29, 1.82) is 5.26 Å². The SMILES string of the molecule is N#Cc1ccc(C(=O)OCC(=O)N2c3ccccc3SCC2c2ccccc2)cc1. The quantitative estimate of drug-likeness (QED) is 0.584. The molecule has 1 aliphatic heterocycles. The minimum atomic E-state index is -0.594. The fraction of sp³-hybridized carbons (Fsp3) is 0.125. The third kappa shape index (κ3) is 4.07. The number of esters is 1. The van der Waals surface area contributed by atoms with Crippen LogP contribution in [-0.2, 0) is 9.53 Å². The molecule has 0 saturated heterocycles. The number of fused-ring (bicyclic) bond motifs is 1. The van der Waals surface area contributed by atoms with Gasteiger partial charge in [0, 0.05) is 10.6 Å². The first-order chi connectivity index (χ1) is 14.7. The zero-order valence-electron chi connectivity index (χ0n) is 16.0. The minimum Gasteiger partial charge on any atom is -0.452 e. The van der Waals surface area contributed by atoms with E-state index in [2.05, 4.69) is 0 Å². The molecule has 0 aromatic heterocycles. The van der Waals surface area contributed by atoms with Crippen LogP contribution in [0.1, 0.15) is 27.5 Å². The molecule has 30 heavy (non-hydrogen) atoms. The van der Waals surface area contributed by atoms with Crippen molar-refractivity contribution in [3.05, 3.63) is 95.6 Å². The predicted octanol–water partition coefficient (Wildman–Crippen LogP) is 4.60. The van der Waals surface area contributed by atoms with Crippen molar-refractivity contribution in [2.24, 2.45) is 0 Å². The van der Waals surface area contributed by atoms with Gasteiger partial charge in [0.1, 0.15) is 0 Å². The van der Waals surface area contributed by atoms with Gasteiger partial charge in [-0.25, -0.2) is 4.79 Å². The first-order valence-electron chi connectivity index (χ1n) is 9.43. The van der Waals surface area contributed by atoms with Crippen LogP contribution in [0.15, 0.2) is 83.8 Å². The summed E-state index contributed by atoms with van der Waals surface area (Å²) < 4.78 is 5.30. The lowest BCUT2D eigenvalue weighted by Crippen LogP contribution is -2.41. The van der Waals surface area contributed by atoms with E-state index in [4.69, 9.17) is 10.00 Å². The summed E-state index contributed by atoms with van der Waals surface area (Å²) in [5.41, 5.74) is 2.61. The lowest BCUT2D eigenvalue weighted by atomic mass is 10.1. The molecule has 0 N–H and O–H groups in total. The Morgan fingerprint density at radius 1 is 1.00 bits per heavy atom. The van der Waals surface area contributed by atoms with Crippen LogP contribution in [0.25, 0.3) is 0 Å². The van der Waals surface area contributed by atoms with Gasteiger partial charge < -0.3 is 4.74 Å². The predicted molar refractivity (Wildman–Crippen MR) is 115 cm³/mol. The summed E-state index contributed by atoms with van der Waals surface area (Å²) in [5.74, 6) is -0.154. The fourth-order valence-electron chi connectivity index (χ4n) is 3.38. The Morgan fingerprint density at radius 3 is 2.43 bits per heavy atom. The molecule has 0 saturated carbocycles. The third-order valence-electron chi connectivity index (χ3n) is 4.86. The Morgan fingerprint density at radius 2 is 1.70 bits per heavy atom. The molecule has 3 aromatic carbocycles. The number of rotatable bonds is 4. The number of amides is 1.